The quantitative estimate of drug-likeness (QED) is 0.564. The SMILES string of the molecule is Cc1ccc(C(=O)NCCC2CCCC2)c(NN)c1. The highest BCUT2D eigenvalue weighted by atomic mass is 16.1. The molecule has 0 aliphatic heterocycles. The monoisotopic (exact) mass is 261 g/mol. The van der Waals surface area contributed by atoms with E-state index in [1.54, 1.807) is 0 Å². The Morgan fingerprint density at radius 1 is 1.37 bits per heavy atom. The molecule has 1 amide bonds. The first-order valence-corrected chi connectivity index (χ1v) is 7.06. The Kier molecular flexibility index (Phi) is 4.80. The summed E-state index contributed by atoms with van der Waals surface area (Å²) in [5.74, 6) is 6.20. The van der Waals surface area contributed by atoms with Crippen molar-refractivity contribution in [3.05, 3.63) is 29.3 Å². The van der Waals surface area contributed by atoms with E-state index >= 15 is 0 Å². The minimum atomic E-state index is -0.0500. The van der Waals surface area contributed by atoms with Gasteiger partial charge in [-0.3, -0.25) is 10.6 Å². The number of amides is 1. The van der Waals surface area contributed by atoms with Crippen LogP contribution in [0.25, 0.3) is 0 Å². The molecule has 2 rings (SSSR count). The lowest BCUT2D eigenvalue weighted by Crippen LogP contribution is -2.27. The van der Waals surface area contributed by atoms with Crippen LogP contribution in [0.4, 0.5) is 5.69 Å². The van der Waals surface area contributed by atoms with Crippen molar-refractivity contribution in [2.24, 2.45) is 11.8 Å². The average Bonchev–Trinajstić information content (AvgIpc) is 2.91. The maximum atomic E-state index is 12.1. The fraction of sp³-hybridized carbons (Fsp3) is 0.533. The van der Waals surface area contributed by atoms with E-state index in [2.05, 4.69) is 10.7 Å². The highest BCUT2D eigenvalue weighted by Gasteiger charge is 2.15. The Bertz CT molecular complexity index is 439. The van der Waals surface area contributed by atoms with Gasteiger partial charge in [-0.25, -0.2) is 0 Å². The molecule has 0 spiro atoms. The standard InChI is InChI=1S/C15H23N3O/c1-11-6-7-13(14(10-11)18-16)15(19)17-9-8-12-4-2-3-5-12/h6-7,10,12,18H,2-5,8-9,16H2,1H3,(H,17,19). The molecule has 0 saturated heterocycles. The van der Waals surface area contributed by atoms with E-state index in [0.29, 0.717) is 11.3 Å². The molecule has 104 valence electrons. The third-order valence-electron chi connectivity index (χ3n) is 3.89. The molecule has 4 nitrogen and oxygen atoms in total. The van der Waals surface area contributed by atoms with Crippen molar-refractivity contribution in [1.29, 1.82) is 0 Å². The number of benzene rings is 1. The topological polar surface area (TPSA) is 67.2 Å². The summed E-state index contributed by atoms with van der Waals surface area (Å²) in [5, 5.41) is 2.99. The summed E-state index contributed by atoms with van der Waals surface area (Å²) in [4.78, 5) is 12.1. The molecule has 1 saturated carbocycles. The summed E-state index contributed by atoms with van der Waals surface area (Å²) in [6, 6.07) is 5.62. The Morgan fingerprint density at radius 3 is 2.79 bits per heavy atom. The maximum absolute atomic E-state index is 12.1. The number of anilines is 1. The van der Waals surface area contributed by atoms with Gasteiger partial charge in [-0.05, 0) is 37.0 Å². The Balaban J connectivity index is 1.88. The molecule has 1 aliphatic rings. The van der Waals surface area contributed by atoms with E-state index in [0.717, 1.165) is 24.4 Å². The van der Waals surface area contributed by atoms with Crippen LogP contribution in [-0.2, 0) is 0 Å². The van der Waals surface area contributed by atoms with Gasteiger partial charge in [0.1, 0.15) is 0 Å². The van der Waals surface area contributed by atoms with Crippen molar-refractivity contribution in [3.8, 4) is 0 Å². The fourth-order valence-corrected chi connectivity index (χ4v) is 2.76. The number of hydrogen-bond donors (Lipinski definition) is 3. The molecular formula is C15H23N3O. The number of hydrazine groups is 1. The molecule has 0 bridgehead atoms. The summed E-state index contributed by atoms with van der Waals surface area (Å²) >= 11 is 0. The minimum Gasteiger partial charge on any atom is -0.352 e. The zero-order chi connectivity index (χ0) is 13.7. The van der Waals surface area contributed by atoms with Crippen molar-refractivity contribution in [3.63, 3.8) is 0 Å². The molecular weight excluding hydrogens is 238 g/mol. The Morgan fingerprint density at radius 2 is 2.11 bits per heavy atom. The lowest BCUT2D eigenvalue weighted by atomic mass is 10.0. The Hall–Kier alpha value is -1.55. The van der Waals surface area contributed by atoms with Crippen molar-refractivity contribution < 1.29 is 4.79 Å². The van der Waals surface area contributed by atoms with Gasteiger partial charge in [0.25, 0.3) is 5.91 Å². The highest BCUT2D eigenvalue weighted by Crippen LogP contribution is 2.27. The van der Waals surface area contributed by atoms with Crippen LogP contribution in [0.1, 0.15) is 48.0 Å². The van der Waals surface area contributed by atoms with E-state index in [4.69, 9.17) is 5.84 Å². The van der Waals surface area contributed by atoms with Crippen LogP contribution in [0.3, 0.4) is 0 Å². The van der Waals surface area contributed by atoms with E-state index in [9.17, 15) is 4.79 Å². The van der Waals surface area contributed by atoms with Gasteiger partial charge < -0.3 is 10.7 Å². The zero-order valence-electron chi connectivity index (χ0n) is 11.5. The van der Waals surface area contributed by atoms with Crippen molar-refractivity contribution in [2.75, 3.05) is 12.0 Å². The summed E-state index contributed by atoms with van der Waals surface area (Å²) in [6.07, 6.45) is 6.41. The van der Waals surface area contributed by atoms with Crippen LogP contribution >= 0.6 is 0 Å². The van der Waals surface area contributed by atoms with Crippen molar-refractivity contribution >= 4 is 11.6 Å². The summed E-state index contributed by atoms with van der Waals surface area (Å²) < 4.78 is 0. The molecule has 0 atom stereocenters. The molecule has 19 heavy (non-hydrogen) atoms. The molecule has 4 heteroatoms. The smallest absolute Gasteiger partial charge is 0.253 e. The number of carbonyl (C=O) groups excluding carboxylic acids is 1. The second-order valence-electron chi connectivity index (χ2n) is 5.39. The second-order valence-corrected chi connectivity index (χ2v) is 5.39. The van der Waals surface area contributed by atoms with Gasteiger partial charge in [0, 0.05) is 6.54 Å². The number of nitrogens with one attached hydrogen (secondary N) is 2. The summed E-state index contributed by atoms with van der Waals surface area (Å²) in [6.45, 7) is 2.73. The third-order valence-corrected chi connectivity index (χ3v) is 3.89. The highest BCUT2D eigenvalue weighted by molar-refractivity contribution is 5.99. The lowest BCUT2D eigenvalue weighted by Gasteiger charge is -2.12. The van der Waals surface area contributed by atoms with Crippen LogP contribution in [0.15, 0.2) is 18.2 Å². The molecule has 4 N–H and O–H groups in total. The molecule has 1 aliphatic carbocycles. The molecule has 0 unspecified atom stereocenters. The minimum absolute atomic E-state index is 0.0500. The fourth-order valence-electron chi connectivity index (χ4n) is 2.76. The van der Waals surface area contributed by atoms with Gasteiger partial charge in [0.2, 0.25) is 0 Å². The number of aryl methyl sites for hydroxylation is 1. The molecule has 0 aromatic heterocycles. The number of hydrogen-bond acceptors (Lipinski definition) is 3. The number of carbonyl (C=O) groups is 1. The normalized spacial score (nSPS) is 15.5. The molecule has 1 aromatic carbocycles. The summed E-state index contributed by atoms with van der Waals surface area (Å²) in [7, 11) is 0. The van der Waals surface area contributed by atoms with Gasteiger partial charge in [-0.15, -0.1) is 0 Å². The van der Waals surface area contributed by atoms with Crippen molar-refractivity contribution in [1.82, 2.24) is 5.32 Å². The molecule has 0 radical (unpaired) electrons. The molecule has 0 heterocycles. The largest absolute Gasteiger partial charge is 0.352 e. The van der Waals surface area contributed by atoms with Crippen molar-refractivity contribution in [2.45, 2.75) is 39.0 Å². The third kappa shape index (κ3) is 3.70. The van der Waals surface area contributed by atoms with E-state index in [1.807, 2.05) is 25.1 Å². The first-order chi connectivity index (χ1) is 9.20. The number of nitrogen functional groups attached to an aromatic ring is 1. The Labute approximate surface area is 114 Å². The van der Waals surface area contributed by atoms with E-state index in [1.165, 1.54) is 25.7 Å². The average molecular weight is 261 g/mol. The van der Waals surface area contributed by atoms with Gasteiger partial charge in [-0.2, -0.15) is 0 Å². The first kappa shape index (κ1) is 13.9. The predicted octanol–water partition coefficient (Wildman–Crippen LogP) is 2.59. The van der Waals surface area contributed by atoms with Gasteiger partial charge >= 0.3 is 0 Å². The zero-order valence-corrected chi connectivity index (χ0v) is 11.5. The van der Waals surface area contributed by atoms with E-state index < -0.39 is 0 Å². The predicted molar refractivity (Wildman–Crippen MR) is 77.9 cm³/mol. The second kappa shape index (κ2) is 6.57. The van der Waals surface area contributed by atoms with Crippen LogP contribution in [0.2, 0.25) is 0 Å². The van der Waals surface area contributed by atoms with Gasteiger partial charge in [0.15, 0.2) is 0 Å². The maximum Gasteiger partial charge on any atom is 0.253 e. The molecule has 1 aromatic rings. The van der Waals surface area contributed by atoms with Gasteiger partial charge in [0.05, 0.1) is 11.3 Å². The number of rotatable bonds is 5. The van der Waals surface area contributed by atoms with Crippen LogP contribution in [-0.4, -0.2) is 12.5 Å². The first-order valence-electron chi connectivity index (χ1n) is 7.06. The van der Waals surface area contributed by atoms with Crippen LogP contribution in [0, 0.1) is 12.8 Å². The number of nitrogens with two attached hydrogens (primary N) is 1. The lowest BCUT2D eigenvalue weighted by molar-refractivity contribution is 0.0952. The van der Waals surface area contributed by atoms with E-state index in [-0.39, 0.29) is 5.91 Å². The summed E-state index contributed by atoms with van der Waals surface area (Å²) in [5.41, 5.74) is 4.96. The van der Waals surface area contributed by atoms with Crippen LogP contribution in [0.5, 0.6) is 0 Å². The van der Waals surface area contributed by atoms with Crippen LogP contribution < -0.4 is 16.6 Å². The van der Waals surface area contributed by atoms with Gasteiger partial charge in [-0.1, -0.05) is 31.7 Å². The molecule has 1 fully saturated rings.